The summed E-state index contributed by atoms with van der Waals surface area (Å²) in [6.45, 7) is 6.33. The molecular formula is C15H22N2O2. The van der Waals surface area contributed by atoms with E-state index in [1.54, 1.807) is 7.11 Å². The van der Waals surface area contributed by atoms with Crippen molar-refractivity contribution in [2.75, 3.05) is 20.2 Å². The molecule has 1 N–H and O–H groups in total. The predicted molar refractivity (Wildman–Crippen MR) is 75.1 cm³/mol. The Labute approximate surface area is 114 Å². The van der Waals surface area contributed by atoms with Gasteiger partial charge in [0.15, 0.2) is 0 Å². The van der Waals surface area contributed by atoms with Crippen molar-refractivity contribution in [1.82, 2.24) is 10.2 Å². The fraction of sp³-hybridized carbons (Fsp3) is 0.533. The standard InChI is InChI=1S/C15H22N2O2/c1-11-8-17(9-12(2)16-11)15(18)14-6-4-13(5-7-14)10-19-3/h4-7,11-12,16H,8-10H2,1-3H3/t11-,12-/m0/s1. The highest BCUT2D eigenvalue weighted by molar-refractivity contribution is 5.94. The molecule has 1 amide bonds. The molecule has 1 aromatic rings. The molecule has 4 nitrogen and oxygen atoms in total. The van der Waals surface area contributed by atoms with Gasteiger partial charge in [-0.3, -0.25) is 4.79 Å². The summed E-state index contributed by atoms with van der Waals surface area (Å²) in [5.41, 5.74) is 1.84. The van der Waals surface area contributed by atoms with E-state index < -0.39 is 0 Å². The topological polar surface area (TPSA) is 41.6 Å². The Morgan fingerprint density at radius 1 is 1.26 bits per heavy atom. The minimum atomic E-state index is 0.115. The molecule has 0 spiro atoms. The van der Waals surface area contributed by atoms with E-state index in [1.807, 2.05) is 29.2 Å². The molecule has 0 bridgehead atoms. The van der Waals surface area contributed by atoms with Gasteiger partial charge in [-0.1, -0.05) is 12.1 Å². The molecule has 1 heterocycles. The molecule has 19 heavy (non-hydrogen) atoms. The number of carbonyl (C=O) groups excluding carboxylic acids is 1. The summed E-state index contributed by atoms with van der Waals surface area (Å²) in [7, 11) is 1.67. The number of rotatable bonds is 3. The Balaban J connectivity index is 2.06. The summed E-state index contributed by atoms with van der Waals surface area (Å²) in [6, 6.07) is 8.36. The van der Waals surface area contributed by atoms with E-state index in [-0.39, 0.29) is 5.91 Å². The lowest BCUT2D eigenvalue weighted by molar-refractivity contribution is 0.0673. The molecule has 104 valence electrons. The predicted octanol–water partition coefficient (Wildman–Crippen LogP) is 1.66. The first-order chi connectivity index (χ1) is 9.10. The maximum absolute atomic E-state index is 12.4. The minimum absolute atomic E-state index is 0.115. The number of benzene rings is 1. The summed E-state index contributed by atoms with van der Waals surface area (Å²) >= 11 is 0. The Morgan fingerprint density at radius 2 is 1.84 bits per heavy atom. The highest BCUT2D eigenvalue weighted by Crippen LogP contribution is 2.12. The van der Waals surface area contributed by atoms with Gasteiger partial charge in [0.1, 0.15) is 0 Å². The van der Waals surface area contributed by atoms with Crippen molar-refractivity contribution >= 4 is 5.91 Å². The molecule has 0 radical (unpaired) electrons. The average molecular weight is 262 g/mol. The lowest BCUT2D eigenvalue weighted by atomic mass is 10.1. The largest absolute Gasteiger partial charge is 0.380 e. The van der Waals surface area contributed by atoms with Crippen LogP contribution in [0.15, 0.2) is 24.3 Å². The van der Waals surface area contributed by atoms with Crippen LogP contribution in [0.5, 0.6) is 0 Å². The minimum Gasteiger partial charge on any atom is -0.380 e. The van der Waals surface area contributed by atoms with Gasteiger partial charge in [-0.25, -0.2) is 0 Å². The van der Waals surface area contributed by atoms with E-state index in [0.717, 1.165) is 24.2 Å². The van der Waals surface area contributed by atoms with Gasteiger partial charge in [-0.2, -0.15) is 0 Å². The molecule has 0 saturated carbocycles. The first kappa shape index (κ1) is 14.0. The molecule has 1 aromatic carbocycles. The Hall–Kier alpha value is -1.39. The van der Waals surface area contributed by atoms with Crippen molar-refractivity contribution in [1.29, 1.82) is 0 Å². The number of nitrogens with zero attached hydrogens (tertiary/aromatic N) is 1. The number of hydrogen-bond acceptors (Lipinski definition) is 3. The average Bonchev–Trinajstić information content (AvgIpc) is 2.38. The van der Waals surface area contributed by atoms with Crippen LogP contribution < -0.4 is 5.32 Å². The van der Waals surface area contributed by atoms with Crippen molar-refractivity contribution in [2.45, 2.75) is 32.5 Å². The fourth-order valence-corrected chi connectivity index (χ4v) is 2.59. The van der Waals surface area contributed by atoms with E-state index in [0.29, 0.717) is 18.7 Å². The van der Waals surface area contributed by atoms with E-state index >= 15 is 0 Å². The zero-order valence-corrected chi connectivity index (χ0v) is 11.8. The monoisotopic (exact) mass is 262 g/mol. The lowest BCUT2D eigenvalue weighted by Crippen LogP contribution is -2.55. The van der Waals surface area contributed by atoms with Gasteiger partial charge in [0, 0.05) is 37.8 Å². The SMILES string of the molecule is COCc1ccc(C(=O)N2C[C@H](C)N[C@@H](C)C2)cc1. The summed E-state index contributed by atoms with van der Waals surface area (Å²) < 4.78 is 5.07. The van der Waals surface area contributed by atoms with Crippen LogP contribution in [0.4, 0.5) is 0 Å². The van der Waals surface area contributed by atoms with Gasteiger partial charge in [0.2, 0.25) is 0 Å². The van der Waals surface area contributed by atoms with Crippen LogP contribution in [0.25, 0.3) is 0 Å². The zero-order valence-electron chi connectivity index (χ0n) is 11.8. The third kappa shape index (κ3) is 3.55. The highest BCUT2D eigenvalue weighted by Gasteiger charge is 2.25. The number of piperazine rings is 1. The summed E-state index contributed by atoms with van der Waals surface area (Å²) in [5, 5.41) is 3.43. The molecule has 1 aliphatic heterocycles. The molecule has 2 atom stereocenters. The van der Waals surface area contributed by atoms with Crippen LogP contribution in [-0.4, -0.2) is 43.1 Å². The van der Waals surface area contributed by atoms with Crippen LogP contribution in [0.2, 0.25) is 0 Å². The van der Waals surface area contributed by atoms with Crippen LogP contribution in [0.1, 0.15) is 29.8 Å². The Morgan fingerprint density at radius 3 is 2.37 bits per heavy atom. The second kappa shape index (κ2) is 6.17. The molecule has 1 fully saturated rings. The normalized spacial score (nSPS) is 23.4. The smallest absolute Gasteiger partial charge is 0.253 e. The quantitative estimate of drug-likeness (QED) is 0.900. The van der Waals surface area contributed by atoms with Gasteiger partial charge >= 0.3 is 0 Å². The fourth-order valence-electron chi connectivity index (χ4n) is 2.59. The van der Waals surface area contributed by atoms with Gasteiger partial charge < -0.3 is 15.0 Å². The second-order valence-electron chi connectivity index (χ2n) is 5.31. The molecule has 1 aliphatic rings. The van der Waals surface area contributed by atoms with Gasteiger partial charge in [-0.15, -0.1) is 0 Å². The molecule has 1 saturated heterocycles. The van der Waals surface area contributed by atoms with Crippen molar-refractivity contribution in [2.24, 2.45) is 0 Å². The molecule has 4 heteroatoms. The van der Waals surface area contributed by atoms with E-state index in [4.69, 9.17) is 4.74 Å². The molecule has 0 aliphatic carbocycles. The molecule has 0 unspecified atom stereocenters. The van der Waals surface area contributed by atoms with Crippen molar-refractivity contribution in [3.8, 4) is 0 Å². The van der Waals surface area contributed by atoms with Gasteiger partial charge in [-0.05, 0) is 31.5 Å². The number of methoxy groups -OCH3 is 1. The van der Waals surface area contributed by atoms with Crippen LogP contribution in [0, 0.1) is 0 Å². The Kier molecular flexibility index (Phi) is 4.56. The van der Waals surface area contributed by atoms with Crippen LogP contribution in [0.3, 0.4) is 0 Å². The Bertz CT molecular complexity index is 420. The van der Waals surface area contributed by atoms with Crippen molar-refractivity contribution in [3.05, 3.63) is 35.4 Å². The zero-order chi connectivity index (χ0) is 13.8. The molecular weight excluding hydrogens is 240 g/mol. The second-order valence-corrected chi connectivity index (χ2v) is 5.31. The first-order valence-electron chi connectivity index (χ1n) is 6.73. The summed E-state index contributed by atoms with van der Waals surface area (Å²) in [6.07, 6.45) is 0. The molecule has 0 aromatic heterocycles. The number of hydrogen-bond donors (Lipinski definition) is 1. The number of ether oxygens (including phenoxy) is 1. The van der Waals surface area contributed by atoms with E-state index in [1.165, 1.54) is 0 Å². The molecule has 2 rings (SSSR count). The third-order valence-electron chi connectivity index (χ3n) is 3.36. The number of amides is 1. The van der Waals surface area contributed by atoms with E-state index in [9.17, 15) is 4.79 Å². The third-order valence-corrected chi connectivity index (χ3v) is 3.36. The van der Waals surface area contributed by atoms with E-state index in [2.05, 4.69) is 19.2 Å². The van der Waals surface area contributed by atoms with Crippen LogP contribution in [-0.2, 0) is 11.3 Å². The maximum atomic E-state index is 12.4. The summed E-state index contributed by atoms with van der Waals surface area (Å²) in [5.74, 6) is 0.115. The summed E-state index contributed by atoms with van der Waals surface area (Å²) in [4.78, 5) is 14.4. The van der Waals surface area contributed by atoms with Crippen molar-refractivity contribution in [3.63, 3.8) is 0 Å². The van der Waals surface area contributed by atoms with Gasteiger partial charge in [0.25, 0.3) is 5.91 Å². The van der Waals surface area contributed by atoms with Gasteiger partial charge in [0.05, 0.1) is 6.61 Å². The first-order valence-corrected chi connectivity index (χ1v) is 6.73. The number of carbonyl (C=O) groups is 1. The maximum Gasteiger partial charge on any atom is 0.253 e. The van der Waals surface area contributed by atoms with Crippen molar-refractivity contribution < 1.29 is 9.53 Å². The van der Waals surface area contributed by atoms with Crippen LogP contribution >= 0.6 is 0 Å². The lowest BCUT2D eigenvalue weighted by Gasteiger charge is -2.36. The highest BCUT2D eigenvalue weighted by atomic mass is 16.5. The number of nitrogens with one attached hydrogen (secondary N) is 1.